The van der Waals surface area contributed by atoms with Gasteiger partial charge in [0.15, 0.2) is 5.58 Å². The molecule has 0 aliphatic rings. The van der Waals surface area contributed by atoms with Crippen LogP contribution in [-0.2, 0) is 6.54 Å². The van der Waals surface area contributed by atoms with Crippen molar-refractivity contribution in [3.8, 4) is 0 Å². The van der Waals surface area contributed by atoms with E-state index in [0.29, 0.717) is 16.8 Å². The molecule has 0 radical (unpaired) electrons. The number of aromatic amines is 1. The molecule has 20 heavy (non-hydrogen) atoms. The van der Waals surface area contributed by atoms with Crippen molar-refractivity contribution < 1.29 is 8.81 Å². The number of hydrogen-bond donors (Lipinski definition) is 2. The minimum absolute atomic E-state index is 0.0961. The van der Waals surface area contributed by atoms with Crippen LogP contribution < -0.4 is 17.0 Å². The van der Waals surface area contributed by atoms with Crippen molar-refractivity contribution in [1.29, 1.82) is 0 Å². The molecule has 0 bridgehead atoms. The van der Waals surface area contributed by atoms with E-state index in [9.17, 15) is 14.0 Å². The van der Waals surface area contributed by atoms with Crippen molar-refractivity contribution in [2.75, 3.05) is 5.73 Å². The molecule has 0 aliphatic carbocycles. The number of benzene rings is 1. The third-order valence-corrected chi connectivity index (χ3v) is 2.73. The summed E-state index contributed by atoms with van der Waals surface area (Å²) in [6, 6.07) is 4.94. The summed E-state index contributed by atoms with van der Waals surface area (Å²) < 4.78 is 19.5. The predicted octanol–water partition coefficient (Wildman–Crippen LogP) is 0.447. The van der Waals surface area contributed by atoms with Gasteiger partial charge in [-0.25, -0.2) is 9.78 Å². The molecule has 0 saturated heterocycles. The van der Waals surface area contributed by atoms with Gasteiger partial charge in [-0.05, 0) is 12.1 Å². The summed E-state index contributed by atoms with van der Waals surface area (Å²) in [6.45, 7) is -0.0961. The molecule has 2 aromatic heterocycles. The van der Waals surface area contributed by atoms with E-state index in [1.165, 1.54) is 0 Å². The first kappa shape index (κ1) is 12.2. The molecule has 0 amide bonds. The van der Waals surface area contributed by atoms with Gasteiger partial charge >= 0.3 is 5.69 Å². The summed E-state index contributed by atoms with van der Waals surface area (Å²) in [5.41, 5.74) is 5.38. The zero-order valence-corrected chi connectivity index (χ0v) is 10.1. The number of nitrogen functional groups attached to an aromatic ring is 1. The molecule has 0 fully saturated rings. The Labute approximate surface area is 110 Å². The maximum Gasteiger partial charge on any atom is 0.328 e. The van der Waals surface area contributed by atoms with Gasteiger partial charge in [0.2, 0.25) is 11.7 Å². The van der Waals surface area contributed by atoms with Crippen LogP contribution in [0.25, 0.3) is 11.1 Å². The largest absolute Gasteiger partial charge is 0.439 e. The quantitative estimate of drug-likeness (QED) is 0.661. The van der Waals surface area contributed by atoms with Crippen LogP contribution in [0.1, 0.15) is 5.89 Å². The Morgan fingerprint density at radius 1 is 1.40 bits per heavy atom. The Kier molecular flexibility index (Phi) is 2.63. The van der Waals surface area contributed by atoms with Gasteiger partial charge in [0, 0.05) is 11.8 Å². The highest BCUT2D eigenvalue weighted by atomic mass is 19.1. The average Bonchev–Trinajstić information content (AvgIpc) is 2.77. The molecule has 0 aliphatic heterocycles. The van der Waals surface area contributed by atoms with Crippen molar-refractivity contribution in [3.05, 3.63) is 56.9 Å². The van der Waals surface area contributed by atoms with Crippen LogP contribution >= 0.6 is 0 Å². The van der Waals surface area contributed by atoms with Crippen LogP contribution in [0, 0.1) is 5.82 Å². The smallest absolute Gasteiger partial charge is 0.328 e. The molecule has 0 saturated carbocycles. The van der Waals surface area contributed by atoms with E-state index in [4.69, 9.17) is 10.2 Å². The molecule has 3 aromatic rings. The van der Waals surface area contributed by atoms with Crippen LogP contribution in [0.3, 0.4) is 0 Å². The topological polar surface area (TPSA) is 107 Å². The van der Waals surface area contributed by atoms with Gasteiger partial charge in [0.05, 0.1) is 6.20 Å². The second-order valence-corrected chi connectivity index (χ2v) is 4.20. The highest BCUT2D eigenvalue weighted by Crippen LogP contribution is 2.18. The van der Waals surface area contributed by atoms with Crippen LogP contribution in [0.5, 0.6) is 0 Å². The number of nitrogens with zero attached hydrogens (tertiary/aromatic N) is 2. The third-order valence-electron chi connectivity index (χ3n) is 2.73. The number of nitrogens with one attached hydrogen (secondary N) is 1. The molecule has 2 heterocycles. The van der Waals surface area contributed by atoms with Crippen molar-refractivity contribution in [1.82, 2.24) is 14.5 Å². The summed E-state index contributed by atoms with van der Waals surface area (Å²) in [6.07, 6.45) is 0.810. The van der Waals surface area contributed by atoms with Gasteiger partial charge in [-0.3, -0.25) is 14.3 Å². The normalized spacial score (nSPS) is 11.1. The van der Waals surface area contributed by atoms with E-state index in [-0.39, 0.29) is 12.4 Å². The van der Waals surface area contributed by atoms with E-state index in [1.807, 2.05) is 4.98 Å². The summed E-state index contributed by atoms with van der Waals surface area (Å²) in [7, 11) is 0. The fraction of sp³-hybridized carbons (Fsp3) is 0.0833. The Bertz CT molecular complexity index is 909. The number of rotatable bonds is 2. The second-order valence-electron chi connectivity index (χ2n) is 4.20. The lowest BCUT2D eigenvalue weighted by molar-refractivity contribution is 0.488. The maximum atomic E-state index is 13.1. The van der Waals surface area contributed by atoms with Gasteiger partial charge in [-0.2, -0.15) is 4.39 Å². The first-order valence-corrected chi connectivity index (χ1v) is 5.67. The van der Waals surface area contributed by atoms with Crippen LogP contribution in [0.2, 0.25) is 0 Å². The standard InChI is InChI=1S/C12H9FN4O3/c13-7-4-17(12(19)16-11(7)18)5-10-15-8-2-1-6(14)3-9(8)20-10/h1-4H,5,14H2,(H,16,18,19). The van der Waals surface area contributed by atoms with Crippen LogP contribution in [-0.4, -0.2) is 14.5 Å². The average molecular weight is 276 g/mol. The molecule has 0 atom stereocenters. The van der Waals surface area contributed by atoms with E-state index in [0.717, 1.165) is 10.8 Å². The molecule has 3 N–H and O–H groups in total. The molecule has 102 valence electrons. The molecule has 0 spiro atoms. The summed E-state index contributed by atoms with van der Waals surface area (Å²) in [5, 5.41) is 0. The Morgan fingerprint density at radius 2 is 2.20 bits per heavy atom. The van der Waals surface area contributed by atoms with Crippen LogP contribution in [0.15, 0.2) is 38.4 Å². The van der Waals surface area contributed by atoms with E-state index < -0.39 is 17.1 Å². The number of nitrogens with two attached hydrogens (primary N) is 1. The first-order chi connectivity index (χ1) is 9.52. The summed E-state index contributed by atoms with van der Waals surface area (Å²) in [5.74, 6) is -0.843. The van der Waals surface area contributed by atoms with Crippen molar-refractivity contribution in [2.45, 2.75) is 6.54 Å². The number of H-pyrrole nitrogens is 1. The summed E-state index contributed by atoms with van der Waals surface area (Å²) >= 11 is 0. The third kappa shape index (κ3) is 2.07. The molecule has 7 nitrogen and oxygen atoms in total. The lowest BCUT2D eigenvalue weighted by Gasteiger charge is -2.00. The first-order valence-electron chi connectivity index (χ1n) is 5.67. The predicted molar refractivity (Wildman–Crippen MR) is 68.8 cm³/mol. The second kappa shape index (κ2) is 4.34. The highest BCUT2D eigenvalue weighted by molar-refractivity contribution is 5.76. The molecular weight excluding hydrogens is 267 g/mol. The molecule has 3 rings (SSSR count). The Morgan fingerprint density at radius 3 is 3.00 bits per heavy atom. The SMILES string of the molecule is Nc1ccc2nc(Cn3cc(F)c(=O)[nH]c3=O)oc2c1. The molecule has 8 heteroatoms. The number of fused-ring (bicyclic) bond motifs is 1. The monoisotopic (exact) mass is 276 g/mol. The van der Waals surface area contributed by atoms with E-state index in [2.05, 4.69) is 4.98 Å². The number of anilines is 1. The fourth-order valence-electron chi connectivity index (χ4n) is 1.80. The van der Waals surface area contributed by atoms with E-state index in [1.54, 1.807) is 18.2 Å². The number of aromatic nitrogens is 3. The van der Waals surface area contributed by atoms with Crippen molar-refractivity contribution in [2.24, 2.45) is 0 Å². The molecular formula is C12H9FN4O3. The minimum Gasteiger partial charge on any atom is -0.439 e. The minimum atomic E-state index is -1.06. The number of oxazole rings is 1. The molecule has 0 unspecified atom stereocenters. The number of hydrogen-bond acceptors (Lipinski definition) is 5. The van der Waals surface area contributed by atoms with Crippen molar-refractivity contribution >= 4 is 16.8 Å². The van der Waals surface area contributed by atoms with E-state index >= 15 is 0 Å². The Balaban J connectivity index is 2.03. The Hall–Kier alpha value is -2.90. The fourth-order valence-corrected chi connectivity index (χ4v) is 1.80. The van der Waals surface area contributed by atoms with Crippen molar-refractivity contribution in [3.63, 3.8) is 0 Å². The number of halogens is 1. The van der Waals surface area contributed by atoms with Gasteiger partial charge in [0.1, 0.15) is 12.1 Å². The zero-order valence-electron chi connectivity index (χ0n) is 10.1. The molecule has 1 aromatic carbocycles. The van der Waals surface area contributed by atoms with Gasteiger partial charge in [0.25, 0.3) is 5.56 Å². The van der Waals surface area contributed by atoms with Gasteiger partial charge in [-0.15, -0.1) is 0 Å². The lowest BCUT2D eigenvalue weighted by Crippen LogP contribution is -2.31. The highest BCUT2D eigenvalue weighted by Gasteiger charge is 2.09. The summed E-state index contributed by atoms with van der Waals surface area (Å²) in [4.78, 5) is 28.4. The zero-order chi connectivity index (χ0) is 14.3. The lowest BCUT2D eigenvalue weighted by atomic mass is 10.3. The van der Waals surface area contributed by atoms with Crippen LogP contribution in [0.4, 0.5) is 10.1 Å². The van der Waals surface area contributed by atoms with Gasteiger partial charge in [-0.1, -0.05) is 0 Å². The van der Waals surface area contributed by atoms with Gasteiger partial charge < -0.3 is 10.2 Å². The maximum absolute atomic E-state index is 13.1.